The molecule has 12 heteroatoms. The van der Waals surface area contributed by atoms with Crippen LogP contribution in [0.25, 0.3) is 11.1 Å². The van der Waals surface area contributed by atoms with E-state index in [0.29, 0.717) is 17.9 Å². The number of amides is 1. The average Bonchev–Trinajstić information content (AvgIpc) is 3.42. The number of nitro benzene ring substituents is 1. The lowest BCUT2D eigenvalue weighted by Crippen LogP contribution is -2.32. The first-order valence-corrected chi connectivity index (χ1v) is 10.9. The molecule has 4 aromatic rings. The average molecular weight is 517 g/mol. The first kappa shape index (κ1) is 25.6. The van der Waals surface area contributed by atoms with E-state index in [1.165, 1.54) is 12.3 Å². The van der Waals surface area contributed by atoms with E-state index < -0.39 is 45.3 Å². The maximum Gasteiger partial charge on any atom is 0.382 e. The maximum atomic E-state index is 12.8. The summed E-state index contributed by atoms with van der Waals surface area (Å²) in [4.78, 5) is 48.1. The predicted octanol–water partition coefficient (Wildman–Crippen LogP) is 3.74. The summed E-state index contributed by atoms with van der Waals surface area (Å²) < 4.78 is 15.9. The molecule has 1 aromatic heterocycles. The Balaban J connectivity index is 1.58. The molecule has 0 aliphatic heterocycles. The maximum absolute atomic E-state index is 12.8. The van der Waals surface area contributed by atoms with Crippen LogP contribution in [0.2, 0.25) is 0 Å². The highest BCUT2D eigenvalue weighted by atomic mass is 16.6. The first-order valence-electron chi connectivity index (χ1n) is 10.9. The normalized spacial score (nSPS) is 10.4. The number of phenolic OH excluding ortho intramolecular Hbond substituents is 1. The van der Waals surface area contributed by atoms with Gasteiger partial charge in [0, 0.05) is 5.56 Å². The Bertz CT molecular complexity index is 1530. The van der Waals surface area contributed by atoms with Crippen LogP contribution in [0.1, 0.15) is 36.8 Å². The third-order valence-corrected chi connectivity index (χ3v) is 5.35. The molecule has 12 nitrogen and oxygen atoms in total. The highest BCUT2D eigenvalue weighted by Crippen LogP contribution is 2.33. The fourth-order valence-corrected chi connectivity index (χ4v) is 3.61. The van der Waals surface area contributed by atoms with E-state index in [1.807, 2.05) is 30.3 Å². The SMILES string of the molecule is NNC(=O)c1c(C(=O)OC(=O)c2occc2-c2cccc(OCc3ccccc3)c2)ccc(O)c1[N+](=O)[O-]. The summed E-state index contributed by atoms with van der Waals surface area (Å²) in [5.41, 5.74) is 0.791. The first-order chi connectivity index (χ1) is 18.3. The molecule has 0 aliphatic carbocycles. The number of rotatable bonds is 8. The molecule has 3 aromatic carbocycles. The van der Waals surface area contributed by atoms with E-state index in [2.05, 4.69) is 0 Å². The Hall–Kier alpha value is -5.49. The third-order valence-electron chi connectivity index (χ3n) is 5.35. The second-order valence-electron chi connectivity index (χ2n) is 7.73. The standard InChI is InChI=1S/C26H19N3O9/c27-28-24(31)21-19(9-10-20(30)22(21)29(34)35)25(32)38-26(33)23-18(11-12-36-23)16-7-4-8-17(13-16)37-14-15-5-2-1-3-6-15/h1-13,30H,14,27H2,(H,28,31). The number of hydrogen-bond acceptors (Lipinski definition) is 10. The van der Waals surface area contributed by atoms with Crippen LogP contribution in [0.5, 0.6) is 11.5 Å². The number of carbonyl (C=O) groups is 3. The Labute approximate surface area is 214 Å². The number of nitrogens with one attached hydrogen (secondary N) is 1. The van der Waals surface area contributed by atoms with Crippen LogP contribution in [-0.4, -0.2) is 27.9 Å². The summed E-state index contributed by atoms with van der Waals surface area (Å²) >= 11 is 0. The summed E-state index contributed by atoms with van der Waals surface area (Å²) in [5, 5.41) is 21.2. The molecule has 0 atom stereocenters. The van der Waals surface area contributed by atoms with Crippen LogP contribution in [0.15, 0.2) is 83.5 Å². The van der Waals surface area contributed by atoms with Crippen molar-refractivity contribution in [2.75, 3.05) is 0 Å². The molecule has 0 saturated heterocycles. The van der Waals surface area contributed by atoms with Crippen LogP contribution < -0.4 is 16.0 Å². The van der Waals surface area contributed by atoms with Crippen molar-refractivity contribution >= 4 is 23.5 Å². The lowest BCUT2D eigenvalue weighted by Gasteiger charge is -2.10. The molecule has 4 rings (SSSR count). The van der Waals surface area contributed by atoms with Crippen molar-refractivity contribution < 1.29 is 38.3 Å². The van der Waals surface area contributed by atoms with Gasteiger partial charge in [-0.15, -0.1) is 0 Å². The summed E-state index contributed by atoms with van der Waals surface area (Å²) in [6.45, 7) is 0.316. The number of furan rings is 1. The van der Waals surface area contributed by atoms with Crippen LogP contribution >= 0.6 is 0 Å². The minimum Gasteiger partial charge on any atom is -0.502 e. The number of nitro groups is 1. The Kier molecular flexibility index (Phi) is 7.45. The molecule has 0 radical (unpaired) electrons. The highest BCUT2D eigenvalue weighted by molar-refractivity contribution is 6.12. The number of nitrogens with zero attached hydrogens (tertiary/aromatic N) is 1. The van der Waals surface area contributed by atoms with Gasteiger partial charge in [0.15, 0.2) is 5.75 Å². The third kappa shape index (κ3) is 5.34. The smallest absolute Gasteiger partial charge is 0.382 e. The second-order valence-corrected chi connectivity index (χ2v) is 7.73. The molecule has 4 N–H and O–H groups in total. The molecule has 0 unspecified atom stereocenters. The lowest BCUT2D eigenvalue weighted by molar-refractivity contribution is -0.386. The molecular formula is C26H19N3O9. The van der Waals surface area contributed by atoms with E-state index in [4.69, 9.17) is 19.7 Å². The lowest BCUT2D eigenvalue weighted by atomic mass is 10.0. The molecule has 0 aliphatic rings. The van der Waals surface area contributed by atoms with E-state index in [0.717, 1.165) is 17.7 Å². The van der Waals surface area contributed by atoms with E-state index in [-0.39, 0.29) is 11.3 Å². The fourth-order valence-electron chi connectivity index (χ4n) is 3.61. The summed E-state index contributed by atoms with van der Waals surface area (Å²) in [5.74, 6) is 0.481. The highest BCUT2D eigenvalue weighted by Gasteiger charge is 2.33. The number of hydrogen-bond donors (Lipinski definition) is 3. The number of esters is 2. The number of nitrogens with two attached hydrogens (primary N) is 1. The molecule has 0 fully saturated rings. The fraction of sp³-hybridized carbons (Fsp3) is 0.0385. The monoisotopic (exact) mass is 517 g/mol. The summed E-state index contributed by atoms with van der Waals surface area (Å²) in [6.07, 6.45) is 1.21. The van der Waals surface area contributed by atoms with Gasteiger partial charge in [0.2, 0.25) is 5.76 Å². The van der Waals surface area contributed by atoms with Crippen molar-refractivity contribution in [2.24, 2.45) is 5.84 Å². The van der Waals surface area contributed by atoms with Gasteiger partial charge in [-0.1, -0.05) is 42.5 Å². The number of hydrazine groups is 1. The van der Waals surface area contributed by atoms with Crippen molar-refractivity contribution in [1.29, 1.82) is 0 Å². The van der Waals surface area contributed by atoms with E-state index >= 15 is 0 Å². The largest absolute Gasteiger partial charge is 0.502 e. The van der Waals surface area contributed by atoms with Crippen LogP contribution in [0.3, 0.4) is 0 Å². The molecule has 0 spiro atoms. The van der Waals surface area contributed by atoms with Gasteiger partial charge in [0.1, 0.15) is 17.9 Å². The van der Waals surface area contributed by atoms with Crippen molar-refractivity contribution in [1.82, 2.24) is 5.43 Å². The zero-order valence-corrected chi connectivity index (χ0v) is 19.5. The Morgan fingerprint density at radius 3 is 2.47 bits per heavy atom. The van der Waals surface area contributed by atoms with E-state index in [1.54, 1.807) is 29.7 Å². The molecule has 0 bridgehead atoms. The topological polar surface area (TPSA) is 184 Å². The molecule has 38 heavy (non-hydrogen) atoms. The van der Waals surface area contributed by atoms with Gasteiger partial charge in [0.25, 0.3) is 5.91 Å². The van der Waals surface area contributed by atoms with Crippen molar-refractivity contribution in [2.45, 2.75) is 6.61 Å². The van der Waals surface area contributed by atoms with Gasteiger partial charge in [-0.3, -0.25) is 20.3 Å². The van der Waals surface area contributed by atoms with Gasteiger partial charge < -0.3 is 19.0 Å². The summed E-state index contributed by atoms with van der Waals surface area (Å²) in [6, 6.07) is 19.5. The molecule has 0 saturated carbocycles. The van der Waals surface area contributed by atoms with Crippen molar-refractivity contribution in [3.8, 4) is 22.6 Å². The van der Waals surface area contributed by atoms with Gasteiger partial charge in [-0.25, -0.2) is 15.4 Å². The van der Waals surface area contributed by atoms with Crippen LogP contribution in [-0.2, 0) is 11.3 Å². The predicted molar refractivity (Wildman–Crippen MR) is 131 cm³/mol. The number of aromatic hydroxyl groups is 1. The number of phenols is 1. The molecule has 1 amide bonds. The van der Waals surface area contributed by atoms with Gasteiger partial charge in [-0.2, -0.15) is 0 Å². The van der Waals surface area contributed by atoms with Gasteiger partial charge >= 0.3 is 17.6 Å². The number of benzene rings is 3. The zero-order chi connectivity index (χ0) is 27.2. The summed E-state index contributed by atoms with van der Waals surface area (Å²) in [7, 11) is 0. The number of ether oxygens (including phenoxy) is 2. The van der Waals surface area contributed by atoms with Gasteiger partial charge in [0.05, 0.1) is 16.7 Å². The molecular weight excluding hydrogens is 498 g/mol. The van der Waals surface area contributed by atoms with Crippen LogP contribution in [0.4, 0.5) is 5.69 Å². The van der Waals surface area contributed by atoms with Crippen LogP contribution in [0, 0.1) is 10.1 Å². The molecule has 192 valence electrons. The minimum absolute atomic E-state index is 0.282. The Morgan fingerprint density at radius 2 is 1.76 bits per heavy atom. The Morgan fingerprint density at radius 1 is 1.00 bits per heavy atom. The van der Waals surface area contributed by atoms with E-state index in [9.17, 15) is 29.6 Å². The molecule has 1 heterocycles. The zero-order valence-electron chi connectivity index (χ0n) is 19.5. The second kappa shape index (κ2) is 11.1. The quantitative estimate of drug-likeness (QED) is 0.0776. The van der Waals surface area contributed by atoms with Gasteiger partial charge in [-0.05, 0) is 41.5 Å². The minimum atomic E-state index is -1.40. The number of nitrogen functional groups attached to an aromatic ring is 1. The van der Waals surface area contributed by atoms with Crippen molar-refractivity contribution in [3.05, 3.63) is 112 Å². The van der Waals surface area contributed by atoms with Crippen molar-refractivity contribution in [3.63, 3.8) is 0 Å². The number of carbonyl (C=O) groups excluding carboxylic acids is 3.